The summed E-state index contributed by atoms with van der Waals surface area (Å²) in [6.07, 6.45) is 1.21. The first-order valence-corrected chi connectivity index (χ1v) is 6.14. The van der Waals surface area contributed by atoms with Gasteiger partial charge in [-0.25, -0.2) is 4.79 Å². The highest BCUT2D eigenvalue weighted by molar-refractivity contribution is 5.86. The summed E-state index contributed by atoms with van der Waals surface area (Å²) in [7, 11) is 0. The van der Waals surface area contributed by atoms with Crippen LogP contribution in [0, 0.1) is 0 Å². The van der Waals surface area contributed by atoms with Crippen molar-refractivity contribution in [3.63, 3.8) is 0 Å². The van der Waals surface area contributed by atoms with Crippen LogP contribution in [0.4, 0.5) is 0 Å². The molecular formula is C13H26O5. The Kier molecular flexibility index (Phi) is 15.3. The van der Waals surface area contributed by atoms with Gasteiger partial charge in [-0.05, 0) is 20.3 Å². The zero-order chi connectivity index (χ0) is 14.4. The number of carbonyl (C=O) groups excluding carboxylic acids is 1. The number of carbonyl (C=O) groups is 1. The van der Waals surface area contributed by atoms with Crippen LogP contribution in [-0.2, 0) is 14.3 Å². The van der Waals surface area contributed by atoms with Crippen LogP contribution in [0.15, 0.2) is 12.2 Å². The summed E-state index contributed by atoms with van der Waals surface area (Å²) in [5.74, 6) is -0.324. The molecule has 0 saturated carbocycles. The highest BCUT2D eigenvalue weighted by Crippen LogP contribution is 1.93. The average Bonchev–Trinajstić information content (AvgIpc) is 2.33. The SMILES string of the molecule is C=C(C)C(=O)OCCCOCCC.CC(O)CO. The van der Waals surface area contributed by atoms with Gasteiger partial charge in [0.25, 0.3) is 0 Å². The molecular weight excluding hydrogens is 236 g/mol. The number of ether oxygens (including phenoxy) is 2. The van der Waals surface area contributed by atoms with Gasteiger partial charge in [0.1, 0.15) is 0 Å². The summed E-state index contributed by atoms with van der Waals surface area (Å²) in [6, 6.07) is 0. The zero-order valence-electron chi connectivity index (χ0n) is 11.6. The first-order valence-electron chi connectivity index (χ1n) is 6.14. The molecule has 0 aliphatic rings. The minimum absolute atomic E-state index is 0.139. The number of hydrogen-bond donors (Lipinski definition) is 2. The van der Waals surface area contributed by atoms with Gasteiger partial charge in [0.05, 0.1) is 19.3 Å². The molecule has 0 saturated heterocycles. The Labute approximate surface area is 109 Å². The zero-order valence-corrected chi connectivity index (χ0v) is 11.6. The van der Waals surface area contributed by atoms with Crippen LogP contribution in [0.25, 0.3) is 0 Å². The standard InChI is InChI=1S/C10H18O3.C3H8O2/c1-4-6-12-7-5-8-13-10(11)9(2)3;1-3(5)2-4/h2,4-8H2,1,3H3;3-5H,2H2,1H3. The van der Waals surface area contributed by atoms with Crippen molar-refractivity contribution in [2.75, 3.05) is 26.4 Å². The summed E-state index contributed by atoms with van der Waals surface area (Å²) >= 11 is 0. The van der Waals surface area contributed by atoms with Crippen molar-refractivity contribution in [2.24, 2.45) is 0 Å². The van der Waals surface area contributed by atoms with Gasteiger partial charge in [-0.2, -0.15) is 0 Å². The molecule has 0 amide bonds. The molecule has 0 fully saturated rings. The monoisotopic (exact) mass is 262 g/mol. The molecule has 5 heteroatoms. The molecule has 0 aromatic heterocycles. The number of aliphatic hydroxyl groups excluding tert-OH is 2. The predicted octanol–water partition coefficient (Wildman–Crippen LogP) is 1.28. The number of aliphatic hydroxyl groups is 2. The van der Waals surface area contributed by atoms with Gasteiger partial charge in [0.2, 0.25) is 0 Å². The van der Waals surface area contributed by atoms with Crippen molar-refractivity contribution in [1.29, 1.82) is 0 Å². The van der Waals surface area contributed by atoms with Gasteiger partial charge in [-0.1, -0.05) is 13.5 Å². The molecule has 1 atom stereocenters. The molecule has 0 radical (unpaired) electrons. The van der Waals surface area contributed by atoms with Crippen LogP contribution in [0.5, 0.6) is 0 Å². The van der Waals surface area contributed by atoms with Crippen molar-refractivity contribution in [1.82, 2.24) is 0 Å². The summed E-state index contributed by atoms with van der Waals surface area (Å²) < 4.78 is 10.1. The van der Waals surface area contributed by atoms with Gasteiger partial charge < -0.3 is 19.7 Å². The molecule has 0 heterocycles. The largest absolute Gasteiger partial charge is 0.462 e. The molecule has 18 heavy (non-hydrogen) atoms. The fourth-order valence-corrected chi connectivity index (χ4v) is 0.695. The van der Waals surface area contributed by atoms with E-state index in [4.69, 9.17) is 19.7 Å². The second kappa shape index (κ2) is 14.2. The Bertz CT molecular complexity index is 213. The van der Waals surface area contributed by atoms with E-state index < -0.39 is 6.10 Å². The summed E-state index contributed by atoms with van der Waals surface area (Å²) in [5.41, 5.74) is 0.439. The smallest absolute Gasteiger partial charge is 0.333 e. The summed E-state index contributed by atoms with van der Waals surface area (Å²) in [5, 5.41) is 16.0. The lowest BCUT2D eigenvalue weighted by Gasteiger charge is -2.04. The number of rotatable bonds is 8. The maximum Gasteiger partial charge on any atom is 0.333 e. The quantitative estimate of drug-likeness (QED) is 0.391. The van der Waals surface area contributed by atoms with E-state index in [1.54, 1.807) is 6.92 Å². The molecule has 0 aliphatic carbocycles. The highest BCUT2D eigenvalue weighted by atomic mass is 16.5. The fraction of sp³-hybridized carbons (Fsp3) is 0.769. The Morgan fingerprint density at radius 2 is 1.89 bits per heavy atom. The molecule has 0 rings (SSSR count). The van der Waals surface area contributed by atoms with Gasteiger partial charge in [0.15, 0.2) is 0 Å². The Hall–Kier alpha value is -0.910. The first kappa shape index (κ1) is 19.4. The number of hydrogen-bond acceptors (Lipinski definition) is 5. The van der Waals surface area contributed by atoms with Crippen molar-refractivity contribution < 1.29 is 24.5 Å². The van der Waals surface area contributed by atoms with Gasteiger partial charge in [-0.15, -0.1) is 0 Å². The average molecular weight is 262 g/mol. The van der Waals surface area contributed by atoms with E-state index in [0.29, 0.717) is 18.8 Å². The van der Waals surface area contributed by atoms with E-state index in [0.717, 1.165) is 19.4 Å². The van der Waals surface area contributed by atoms with Crippen molar-refractivity contribution >= 4 is 5.97 Å². The van der Waals surface area contributed by atoms with Gasteiger partial charge in [0, 0.05) is 25.2 Å². The van der Waals surface area contributed by atoms with Crippen molar-refractivity contribution in [3.05, 3.63) is 12.2 Å². The maximum absolute atomic E-state index is 10.9. The second-order valence-corrected chi connectivity index (χ2v) is 3.91. The van der Waals surface area contributed by atoms with E-state index >= 15 is 0 Å². The summed E-state index contributed by atoms with van der Waals surface area (Å²) in [6.45, 7) is 10.4. The van der Waals surface area contributed by atoms with E-state index in [9.17, 15) is 4.79 Å². The van der Waals surface area contributed by atoms with Crippen LogP contribution in [0.3, 0.4) is 0 Å². The maximum atomic E-state index is 10.9. The normalized spacial score (nSPS) is 11.2. The lowest BCUT2D eigenvalue weighted by molar-refractivity contribution is -0.139. The minimum atomic E-state index is -0.560. The third-order valence-electron chi connectivity index (χ3n) is 1.63. The van der Waals surface area contributed by atoms with Crippen LogP contribution < -0.4 is 0 Å². The molecule has 0 bridgehead atoms. The van der Waals surface area contributed by atoms with Gasteiger partial charge in [-0.3, -0.25) is 0 Å². The molecule has 0 aliphatic heterocycles. The van der Waals surface area contributed by atoms with E-state index in [1.807, 2.05) is 0 Å². The van der Waals surface area contributed by atoms with Gasteiger partial charge >= 0.3 is 5.97 Å². The number of esters is 1. The van der Waals surface area contributed by atoms with Crippen LogP contribution in [-0.4, -0.2) is 48.7 Å². The van der Waals surface area contributed by atoms with E-state index in [1.165, 1.54) is 6.92 Å². The first-order chi connectivity index (χ1) is 8.45. The Morgan fingerprint density at radius 3 is 2.28 bits per heavy atom. The lowest BCUT2D eigenvalue weighted by atomic mass is 10.4. The Balaban J connectivity index is 0. The predicted molar refractivity (Wildman–Crippen MR) is 70.3 cm³/mol. The minimum Gasteiger partial charge on any atom is -0.462 e. The lowest BCUT2D eigenvalue weighted by Crippen LogP contribution is -2.08. The molecule has 0 aromatic rings. The molecule has 0 aromatic carbocycles. The molecule has 108 valence electrons. The molecule has 2 N–H and O–H groups in total. The summed E-state index contributed by atoms with van der Waals surface area (Å²) in [4.78, 5) is 10.9. The topological polar surface area (TPSA) is 76.0 Å². The van der Waals surface area contributed by atoms with E-state index in [-0.39, 0.29) is 12.6 Å². The van der Waals surface area contributed by atoms with E-state index in [2.05, 4.69) is 13.5 Å². The van der Waals surface area contributed by atoms with Crippen molar-refractivity contribution in [2.45, 2.75) is 39.7 Å². The molecule has 0 spiro atoms. The highest BCUT2D eigenvalue weighted by Gasteiger charge is 2.01. The van der Waals surface area contributed by atoms with Crippen LogP contribution >= 0.6 is 0 Å². The third-order valence-corrected chi connectivity index (χ3v) is 1.63. The third kappa shape index (κ3) is 17.5. The Morgan fingerprint density at radius 1 is 1.33 bits per heavy atom. The van der Waals surface area contributed by atoms with Crippen LogP contribution in [0.2, 0.25) is 0 Å². The molecule has 1 unspecified atom stereocenters. The fourth-order valence-electron chi connectivity index (χ4n) is 0.695. The second-order valence-electron chi connectivity index (χ2n) is 3.91. The molecule has 5 nitrogen and oxygen atoms in total. The van der Waals surface area contributed by atoms with Crippen LogP contribution in [0.1, 0.15) is 33.6 Å². The van der Waals surface area contributed by atoms with Crippen molar-refractivity contribution in [3.8, 4) is 0 Å².